The molecule has 270 valence electrons. The summed E-state index contributed by atoms with van der Waals surface area (Å²) in [5.74, 6) is -1.02. The monoisotopic (exact) mass is 721 g/mol. The lowest BCUT2D eigenvalue weighted by Gasteiger charge is -2.40. The molecule has 0 unspecified atom stereocenters. The first-order valence-electron chi connectivity index (χ1n) is 17.0. The Morgan fingerprint density at radius 1 is 1.12 bits per heavy atom. The molecular weight excluding hydrogens is 680 g/mol. The van der Waals surface area contributed by atoms with Crippen LogP contribution in [-0.4, -0.2) is 107 Å². The van der Waals surface area contributed by atoms with E-state index in [0.717, 1.165) is 13.0 Å². The van der Waals surface area contributed by atoms with Gasteiger partial charge in [-0.05, 0) is 52.5 Å². The van der Waals surface area contributed by atoms with Crippen molar-refractivity contribution in [3.8, 4) is 17.3 Å². The van der Waals surface area contributed by atoms with Crippen LogP contribution in [0.25, 0.3) is 37.8 Å². The van der Waals surface area contributed by atoms with Crippen molar-refractivity contribution in [3.63, 3.8) is 0 Å². The Hall–Kier alpha value is -4.38. The molecule has 14 heteroatoms. The van der Waals surface area contributed by atoms with Crippen molar-refractivity contribution in [1.82, 2.24) is 24.8 Å². The van der Waals surface area contributed by atoms with Crippen LogP contribution >= 0.6 is 11.6 Å². The van der Waals surface area contributed by atoms with Gasteiger partial charge < -0.3 is 24.0 Å². The highest BCUT2D eigenvalue weighted by Crippen LogP contribution is 2.38. The number of hydrogen-bond acceptors (Lipinski definition) is 9. The van der Waals surface area contributed by atoms with Gasteiger partial charge >= 0.3 is 12.1 Å². The Morgan fingerprint density at radius 3 is 2.61 bits per heavy atom. The number of likely N-dealkylation sites (tertiary alicyclic amines) is 1. The highest BCUT2D eigenvalue weighted by atomic mass is 35.5. The summed E-state index contributed by atoms with van der Waals surface area (Å²) in [5, 5.41) is 1.14. The number of ether oxygens (including phenoxy) is 3. The second-order valence-corrected chi connectivity index (χ2v) is 14.6. The third kappa shape index (κ3) is 7.49. The summed E-state index contributed by atoms with van der Waals surface area (Å²) < 4.78 is 49.1. The highest BCUT2D eigenvalue weighted by Gasteiger charge is 2.37. The van der Waals surface area contributed by atoms with Crippen LogP contribution in [0.5, 0.6) is 6.01 Å². The number of hydrogen-bond donors (Lipinski definition) is 0. The van der Waals surface area contributed by atoms with Gasteiger partial charge in [-0.3, -0.25) is 14.8 Å². The second-order valence-electron chi connectivity index (χ2n) is 14.2. The molecule has 51 heavy (non-hydrogen) atoms. The van der Waals surface area contributed by atoms with Crippen LogP contribution in [0.2, 0.25) is 5.02 Å². The maximum atomic E-state index is 16.9. The van der Waals surface area contributed by atoms with Gasteiger partial charge in [0.1, 0.15) is 41.1 Å². The summed E-state index contributed by atoms with van der Waals surface area (Å²) in [7, 11) is 1.70. The van der Waals surface area contributed by atoms with Crippen LogP contribution in [0, 0.1) is 18.2 Å². The molecule has 2 aliphatic rings. The van der Waals surface area contributed by atoms with Crippen LogP contribution in [0.3, 0.4) is 0 Å². The fraction of sp³-hybridized carbons (Fsp3) is 0.486. The Balaban J connectivity index is 1.43. The lowest BCUT2D eigenvalue weighted by Crippen LogP contribution is -2.57. The molecule has 0 saturated carbocycles. The average molecular weight is 722 g/mol. The molecule has 0 spiro atoms. The molecule has 11 nitrogen and oxygen atoms in total. The number of fused-ring (bicyclic) bond motifs is 2. The van der Waals surface area contributed by atoms with Gasteiger partial charge in [0.25, 0.3) is 0 Å². The summed E-state index contributed by atoms with van der Waals surface area (Å²) in [6.45, 7) is 19.0. The fourth-order valence-corrected chi connectivity index (χ4v) is 7.20. The summed E-state index contributed by atoms with van der Waals surface area (Å²) in [6, 6.07) is 7.70. The van der Waals surface area contributed by atoms with E-state index in [2.05, 4.69) is 33.6 Å². The van der Waals surface area contributed by atoms with Crippen LogP contribution in [0.1, 0.15) is 41.0 Å². The number of carbonyl (C=O) groups excluding carboxylic acids is 1. The van der Waals surface area contributed by atoms with Gasteiger partial charge in [0.15, 0.2) is 5.82 Å². The third-order valence-corrected chi connectivity index (χ3v) is 9.74. The van der Waals surface area contributed by atoms with E-state index in [0.29, 0.717) is 34.1 Å². The molecule has 6 rings (SSSR count). The van der Waals surface area contributed by atoms with Crippen molar-refractivity contribution in [2.45, 2.75) is 70.9 Å². The van der Waals surface area contributed by atoms with E-state index in [1.807, 2.05) is 4.90 Å². The molecule has 1 amide bonds. The zero-order valence-corrected chi connectivity index (χ0v) is 30.4. The Labute approximate surface area is 301 Å². The Bertz CT molecular complexity index is 1990. The molecule has 2 saturated heterocycles. The predicted molar refractivity (Wildman–Crippen MR) is 192 cm³/mol. The Kier molecular flexibility index (Phi) is 10.5. The van der Waals surface area contributed by atoms with Gasteiger partial charge in [-0.25, -0.2) is 20.1 Å². The maximum absolute atomic E-state index is 16.9. The van der Waals surface area contributed by atoms with Gasteiger partial charge in [-0.2, -0.15) is 9.97 Å². The van der Waals surface area contributed by atoms with Crippen molar-refractivity contribution < 1.29 is 27.8 Å². The number of rotatable bonds is 8. The molecule has 2 aliphatic heterocycles. The number of anilines is 1. The summed E-state index contributed by atoms with van der Waals surface area (Å²) in [4.78, 5) is 36.4. The molecule has 2 fully saturated rings. The normalized spacial score (nSPS) is 20.0. The lowest BCUT2D eigenvalue weighted by atomic mass is 10.0. The van der Waals surface area contributed by atoms with Crippen LogP contribution in [-0.2, 0) is 9.47 Å². The lowest BCUT2D eigenvalue weighted by molar-refractivity contribution is 0.0155. The number of amides is 1. The highest BCUT2D eigenvalue weighted by molar-refractivity contribution is 6.36. The van der Waals surface area contributed by atoms with Crippen LogP contribution < -0.4 is 9.64 Å². The molecule has 4 heterocycles. The van der Waals surface area contributed by atoms with Gasteiger partial charge in [0, 0.05) is 62.5 Å². The molecule has 0 bridgehead atoms. The smallest absolute Gasteiger partial charge is 0.410 e. The standard InChI is InChI=1S/C37H42ClF2N7O4/c1-21(2)47-19-25(49-7)15-23(47)20-50-35-43-33-27(17-42-32(31(33)40)26-10-8-9-22-11-12-28(39)30(38)29(22)26)34(44-35)45-13-14-46(24(18-45)16-41-6)36(48)51-37(3,4)5/h8-12,17,21,23-25H,13-16,18-20H2,1-5,7H3/t23-,24-,25+/m0/s1. The number of benzene rings is 2. The van der Waals surface area contributed by atoms with Crippen LogP contribution in [0.4, 0.5) is 19.4 Å². The average Bonchev–Trinajstić information content (AvgIpc) is 3.52. The van der Waals surface area contributed by atoms with Gasteiger partial charge in [0.05, 0.1) is 16.5 Å². The molecule has 0 N–H and O–H groups in total. The van der Waals surface area contributed by atoms with Gasteiger partial charge in [0.2, 0.25) is 6.54 Å². The molecule has 4 aromatic rings. The third-order valence-electron chi connectivity index (χ3n) is 9.37. The minimum atomic E-state index is -0.747. The number of methoxy groups -OCH3 is 1. The predicted octanol–water partition coefficient (Wildman–Crippen LogP) is 7.00. The van der Waals surface area contributed by atoms with E-state index in [4.69, 9.17) is 37.4 Å². The molecular formula is C37H42ClF2N7O4. The number of pyridine rings is 1. The van der Waals surface area contributed by atoms with Crippen molar-refractivity contribution in [2.75, 3.05) is 51.3 Å². The molecule has 2 aromatic heterocycles. The fourth-order valence-electron chi connectivity index (χ4n) is 6.93. The first-order valence-corrected chi connectivity index (χ1v) is 17.4. The number of piperazine rings is 1. The van der Waals surface area contributed by atoms with E-state index >= 15 is 4.39 Å². The van der Waals surface area contributed by atoms with E-state index in [1.165, 1.54) is 12.3 Å². The Morgan fingerprint density at radius 2 is 1.90 bits per heavy atom. The summed E-state index contributed by atoms with van der Waals surface area (Å²) >= 11 is 6.42. The molecule has 0 radical (unpaired) electrons. The number of nitrogens with zero attached hydrogens (tertiary/aromatic N) is 7. The molecule has 0 aliphatic carbocycles. The summed E-state index contributed by atoms with van der Waals surface area (Å²) in [6.07, 6.45) is 1.79. The largest absolute Gasteiger partial charge is 0.462 e. The maximum Gasteiger partial charge on any atom is 0.410 e. The minimum Gasteiger partial charge on any atom is -0.462 e. The van der Waals surface area contributed by atoms with E-state index in [-0.39, 0.29) is 66.7 Å². The van der Waals surface area contributed by atoms with Crippen LogP contribution in [0.15, 0.2) is 36.5 Å². The SMILES string of the molecule is [C-]#[N+]C[C@H]1CN(c2nc(OC[C@@H]3C[C@@H](OC)CN3C(C)C)nc3c(F)c(-c4cccc5ccc(F)c(Cl)c45)ncc23)CCN1C(=O)OC(C)(C)C. The zero-order valence-electron chi connectivity index (χ0n) is 29.6. The summed E-state index contributed by atoms with van der Waals surface area (Å²) in [5.41, 5.74) is -0.490. The first kappa shape index (κ1) is 36.4. The van der Waals surface area contributed by atoms with Crippen molar-refractivity contribution in [2.24, 2.45) is 0 Å². The van der Waals surface area contributed by atoms with E-state index in [1.54, 1.807) is 57.0 Å². The van der Waals surface area contributed by atoms with E-state index < -0.39 is 29.4 Å². The topological polar surface area (TPSA) is 97.5 Å². The van der Waals surface area contributed by atoms with Crippen molar-refractivity contribution in [1.29, 1.82) is 0 Å². The molecule has 3 atom stereocenters. The first-order chi connectivity index (χ1) is 24.3. The zero-order chi connectivity index (χ0) is 36.6. The van der Waals surface area contributed by atoms with Gasteiger partial charge in [-0.1, -0.05) is 35.9 Å². The number of aromatic nitrogens is 3. The minimum absolute atomic E-state index is 0.0173. The van der Waals surface area contributed by atoms with Gasteiger partial charge in [-0.15, -0.1) is 0 Å². The number of halogens is 3. The second kappa shape index (κ2) is 14.7. The number of carbonyl (C=O) groups is 1. The molecule has 2 aromatic carbocycles. The van der Waals surface area contributed by atoms with Crippen molar-refractivity contribution >= 4 is 45.2 Å². The quantitative estimate of drug-likeness (QED) is 0.178. The van der Waals surface area contributed by atoms with E-state index in [9.17, 15) is 9.18 Å². The van der Waals surface area contributed by atoms with Crippen molar-refractivity contribution in [3.05, 3.63) is 64.6 Å².